The molecule has 0 heterocycles. The van der Waals surface area contributed by atoms with Gasteiger partial charge in [0.15, 0.2) is 0 Å². The van der Waals surface area contributed by atoms with Crippen LogP contribution in [0.4, 0.5) is 17.9 Å². The number of halogens is 4. The van der Waals surface area contributed by atoms with Crippen LogP contribution in [0.25, 0.3) is 0 Å². The first-order valence-corrected chi connectivity index (χ1v) is 16.1. The first-order chi connectivity index (χ1) is 14.5. The Balaban J connectivity index is 0.00000363. The van der Waals surface area contributed by atoms with Crippen molar-refractivity contribution in [1.29, 1.82) is 0 Å². The molecule has 0 unspecified atom stereocenters. The molecule has 1 radical (unpaired) electrons. The van der Waals surface area contributed by atoms with E-state index in [9.17, 15) is 13.2 Å². The molecule has 0 bridgehead atoms. The predicted molar refractivity (Wildman–Crippen MR) is 128 cm³/mol. The van der Waals surface area contributed by atoms with Crippen LogP contribution in [0.15, 0.2) is 84.9 Å². The first kappa shape index (κ1) is 26.4. The summed E-state index contributed by atoms with van der Waals surface area (Å²) < 4.78 is 43.2. The molecular formula is C27H31F4Sn. The van der Waals surface area contributed by atoms with Gasteiger partial charge in [-0.1, -0.05) is 0 Å². The Kier molecular flexibility index (Phi) is 8.60. The van der Waals surface area contributed by atoms with Crippen LogP contribution in [0.2, 0.25) is 8.87 Å². The maximum Gasteiger partial charge on any atom is -0.269 e. The molecule has 0 aliphatic heterocycles. The summed E-state index contributed by atoms with van der Waals surface area (Å²) in [6, 6.07) is 26.8. The van der Waals surface area contributed by atoms with Gasteiger partial charge in [-0.25, -0.2) is 0 Å². The molecule has 3 aromatic carbocycles. The van der Waals surface area contributed by atoms with Crippen molar-refractivity contribution in [2.45, 2.75) is 53.6 Å². The molecule has 0 fully saturated rings. The van der Waals surface area contributed by atoms with Crippen LogP contribution in [-0.2, 0) is 17.0 Å². The van der Waals surface area contributed by atoms with Gasteiger partial charge < -0.3 is 0 Å². The fraction of sp³-hybridized carbons (Fsp3) is 0.333. The van der Waals surface area contributed by atoms with Crippen molar-refractivity contribution >= 4 is 23.3 Å². The fourth-order valence-electron chi connectivity index (χ4n) is 4.23. The van der Waals surface area contributed by atoms with Crippen molar-refractivity contribution in [1.82, 2.24) is 0 Å². The van der Waals surface area contributed by atoms with E-state index in [1.54, 1.807) is 6.07 Å². The van der Waals surface area contributed by atoms with Gasteiger partial charge in [-0.2, -0.15) is 0 Å². The van der Waals surface area contributed by atoms with E-state index in [1.165, 1.54) is 23.3 Å². The van der Waals surface area contributed by atoms with E-state index < -0.39 is 31.5 Å². The van der Waals surface area contributed by atoms with Crippen molar-refractivity contribution < 1.29 is 17.9 Å². The van der Waals surface area contributed by atoms with Crippen LogP contribution < -0.4 is 3.58 Å². The van der Waals surface area contributed by atoms with Crippen LogP contribution >= 0.6 is 0 Å². The maximum atomic E-state index is 13.5. The molecular weight excluding hydrogens is 519 g/mol. The monoisotopic (exact) mass is 551 g/mol. The van der Waals surface area contributed by atoms with E-state index in [4.69, 9.17) is 0 Å². The van der Waals surface area contributed by atoms with Crippen LogP contribution in [-0.4, -0.2) is 19.8 Å². The molecule has 0 saturated heterocycles. The molecule has 0 amide bonds. The van der Waals surface area contributed by atoms with Crippen LogP contribution in [0.3, 0.4) is 0 Å². The van der Waals surface area contributed by atoms with Gasteiger partial charge in [-0.05, 0) is 0 Å². The van der Waals surface area contributed by atoms with Crippen LogP contribution in [0.5, 0.6) is 0 Å². The van der Waals surface area contributed by atoms with E-state index in [1.807, 2.05) is 42.5 Å². The van der Waals surface area contributed by atoms with E-state index >= 15 is 0 Å². The van der Waals surface area contributed by atoms with E-state index in [0.29, 0.717) is 0 Å². The quantitative estimate of drug-likeness (QED) is 0.211. The SMILES string of the molecule is CC(C)([CH2][Sn]([CH2]C(C)(C)c1ccccc1)[c]1cccc(C(F)(F)F)c1)c1ccccc1.F. The van der Waals surface area contributed by atoms with Crippen molar-refractivity contribution in [3.05, 3.63) is 102 Å². The first-order valence-electron chi connectivity index (χ1n) is 10.6. The average molecular weight is 550 g/mol. The van der Waals surface area contributed by atoms with Crippen LogP contribution in [0.1, 0.15) is 44.4 Å². The van der Waals surface area contributed by atoms with Crippen molar-refractivity contribution in [2.75, 3.05) is 0 Å². The van der Waals surface area contributed by atoms with E-state index in [0.717, 1.165) is 12.5 Å². The molecule has 3 aromatic rings. The third kappa shape index (κ3) is 6.60. The third-order valence-corrected chi connectivity index (χ3v) is 16.7. The summed E-state index contributed by atoms with van der Waals surface area (Å²) in [7, 11) is 0. The number of alkyl halides is 3. The second-order valence-corrected chi connectivity index (χ2v) is 16.6. The Labute approximate surface area is 196 Å². The van der Waals surface area contributed by atoms with Gasteiger partial charge in [-0.15, -0.1) is 0 Å². The standard InChI is InChI=1S/2C10H13.C7H4F3.FH.Sn/c2*1-10(2,3)9-7-5-4-6-8-9;8-7(9,10)6-4-2-1-3-5-6;;/h2*4-8H,1H2,2-3H3;1-2,4-5H;1H;. The molecule has 3 rings (SSSR count). The molecule has 171 valence electrons. The smallest absolute Gasteiger partial charge is 0.269 e. The summed E-state index contributed by atoms with van der Waals surface area (Å²) in [4.78, 5) is 0. The second kappa shape index (κ2) is 10.4. The Bertz CT molecular complexity index is 926. The number of rotatable bonds is 7. The number of hydrogen-bond donors (Lipinski definition) is 0. The van der Waals surface area contributed by atoms with Crippen LogP contribution in [0, 0.1) is 0 Å². The van der Waals surface area contributed by atoms with Gasteiger partial charge in [-0.3, -0.25) is 4.70 Å². The fourth-order valence-corrected chi connectivity index (χ4v) is 15.0. The molecule has 0 nitrogen and oxygen atoms in total. The minimum atomic E-state index is -4.31. The molecule has 32 heavy (non-hydrogen) atoms. The summed E-state index contributed by atoms with van der Waals surface area (Å²) in [5.41, 5.74) is 1.79. The second-order valence-electron chi connectivity index (χ2n) is 9.54. The molecule has 0 saturated carbocycles. The van der Waals surface area contributed by atoms with Gasteiger partial charge in [0.2, 0.25) is 0 Å². The zero-order chi connectivity index (χ0) is 22.7. The summed E-state index contributed by atoms with van der Waals surface area (Å²) >= 11 is -2.51. The summed E-state index contributed by atoms with van der Waals surface area (Å²) in [6.45, 7) is 8.91. The summed E-state index contributed by atoms with van der Waals surface area (Å²) in [5, 5.41) is 0. The Hall–Kier alpha value is -1.82. The van der Waals surface area contributed by atoms with E-state index in [-0.39, 0.29) is 15.5 Å². The molecule has 0 spiro atoms. The van der Waals surface area contributed by atoms with Crippen molar-refractivity contribution in [2.24, 2.45) is 0 Å². The molecule has 0 N–H and O–H groups in total. The molecule has 0 atom stereocenters. The van der Waals surface area contributed by atoms with Gasteiger partial charge in [0.05, 0.1) is 0 Å². The van der Waals surface area contributed by atoms with Crippen molar-refractivity contribution in [3.8, 4) is 0 Å². The summed E-state index contributed by atoms with van der Waals surface area (Å²) in [5.74, 6) is 0. The van der Waals surface area contributed by atoms with Gasteiger partial charge >= 0.3 is 192 Å². The zero-order valence-corrected chi connectivity index (χ0v) is 21.9. The zero-order valence-electron chi connectivity index (χ0n) is 19.0. The minimum absolute atomic E-state index is 0. The summed E-state index contributed by atoms with van der Waals surface area (Å²) in [6.07, 6.45) is -4.31. The predicted octanol–water partition coefficient (Wildman–Crippen LogP) is 7.52. The molecule has 0 aliphatic carbocycles. The molecule has 0 aromatic heterocycles. The van der Waals surface area contributed by atoms with Gasteiger partial charge in [0, 0.05) is 0 Å². The normalized spacial score (nSPS) is 12.5. The topological polar surface area (TPSA) is 0 Å². The Morgan fingerprint density at radius 3 is 1.41 bits per heavy atom. The largest absolute Gasteiger partial charge is 0.269 e. The van der Waals surface area contributed by atoms with Crippen molar-refractivity contribution in [3.63, 3.8) is 0 Å². The number of benzene rings is 3. The molecule has 5 heteroatoms. The maximum absolute atomic E-state index is 13.5. The Morgan fingerprint density at radius 2 is 1.00 bits per heavy atom. The third-order valence-electron chi connectivity index (χ3n) is 6.02. The average Bonchev–Trinajstić information content (AvgIpc) is 2.74. The minimum Gasteiger partial charge on any atom is -0.269 e. The Morgan fingerprint density at radius 1 is 0.594 bits per heavy atom. The van der Waals surface area contributed by atoms with Gasteiger partial charge in [0.1, 0.15) is 0 Å². The van der Waals surface area contributed by atoms with Gasteiger partial charge in [0.25, 0.3) is 0 Å². The number of hydrogen-bond acceptors (Lipinski definition) is 0. The van der Waals surface area contributed by atoms with E-state index in [2.05, 4.69) is 52.0 Å². The molecule has 0 aliphatic rings.